The van der Waals surface area contributed by atoms with E-state index in [4.69, 9.17) is 0 Å². The van der Waals surface area contributed by atoms with Gasteiger partial charge in [-0.05, 0) is 36.4 Å². The normalized spacial score (nSPS) is 10.4. The van der Waals surface area contributed by atoms with Gasteiger partial charge in [-0.15, -0.1) is 0 Å². The third-order valence-corrected chi connectivity index (χ3v) is 2.92. The molecule has 0 aliphatic rings. The Hall–Kier alpha value is -2.25. The number of anilines is 1. The van der Waals surface area contributed by atoms with E-state index in [1.54, 1.807) is 24.3 Å². The molecular formula is C15H13NO2S. The predicted octanol–water partition coefficient (Wildman–Crippen LogP) is 2.46. The van der Waals surface area contributed by atoms with Crippen LogP contribution in [-0.4, -0.2) is 14.7 Å². The van der Waals surface area contributed by atoms with Crippen LogP contribution in [-0.2, 0) is 10.0 Å². The van der Waals surface area contributed by atoms with Crippen molar-refractivity contribution in [2.75, 3.05) is 11.0 Å². The summed E-state index contributed by atoms with van der Waals surface area (Å²) in [5.41, 5.74) is 2.32. The molecule has 2 aromatic carbocycles. The minimum Gasteiger partial charge on any atom is -0.284 e. The molecule has 0 heterocycles. The maximum absolute atomic E-state index is 11.1. The minimum atomic E-state index is -3.23. The molecule has 3 nitrogen and oxygen atoms in total. The van der Waals surface area contributed by atoms with Crippen LogP contribution in [0.1, 0.15) is 11.1 Å². The zero-order valence-corrected chi connectivity index (χ0v) is 11.2. The van der Waals surface area contributed by atoms with Crippen molar-refractivity contribution in [1.82, 2.24) is 0 Å². The monoisotopic (exact) mass is 271 g/mol. The summed E-state index contributed by atoms with van der Waals surface area (Å²) in [4.78, 5) is 0. The van der Waals surface area contributed by atoms with Crippen molar-refractivity contribution in [2.45, 2.75) is 0 Å². The summed E-state index contributed by atoms with van der Waals surface area (Å²) >= 11 is 0. The molecule has 1 N–H and O–H groups in total. The van der Waals surface area contributed by atoms with Gasteiger partial charge in [0.05, 0.1) is 6.26 Å². The van der Waals surface area contributed by atoms with E-state index in [9.17, 15) is 8.42 Å². The first-order chi connectivity index (χ1) is 9.03. The number of hydrogen-bond acceptors (Lipinski definition) is 2. The molecule has 4 heteroatoms. The highest BCUT2D eigenvalue weighted by Gasteiger charge is 2.00. The molecule has 0 aliphatic carbocycles. The van der Waals surface area contributed by atoms with Crippen molar-refractivity contribution in [3.05, 3.63) is 65.7 Å². The molecule has 19 heavy (non-hydrogen) atoms. The molecule has 0 spiro atoms. The Labute approximate surface area is 113 Å². The molecule has 0 saturated carbocycles. The van der Waals surface area contributed by atoms with Crippen molar-refractivity contribution < 1.29 is 8.42 Å². The number of benzene rings is 2. The van der Waals surface area contributed by atoms with E-state index in [0.717, 1.165) is 17.4 Å². The molecule has 96 valence electrons. The quantitative estimate of drug-likeness (QED) is 0.853. The lowest BCUT2D eigenvalue weighted by molar-refractivity contribution is 0.607. The van der Waals surface area contributed by atoms with Crippen LogP contribution in [0.3, 0.4) is 0 Å². The van der Waals surface area contributed by atoms with Gasteiger partial charge in [-0.1, -0.05) is 30.0 Å². The molecule has 0 fully saturated rings. The first-order valence-electron chi connectivity index (χ1n) is 5.68. The Balaban J connectivity index is 2.14. The van der Waals surface area contributed by atoms with Crippen molar-refractivity contribution in [1.29, 1.82) is 0 Å². The summed E-state index contributed by atoms with van der Waals surface area (Å²) in [6, 6.07) is 16.6. The van der Waals surface area contributed by atoms with Gasteiger partial charge in [0.2, 0.25) is 10.0 Å². The number of hydrogen-bond donors (Lipinski definition) is 1. The van der Waals surface area contributed by atoms with Crippen LogP contribution in [0, 0.1) is 11.8 Å². The van der Waals surface area contributed by atoms with E-state index in [1.807, 2.05) is 30.3 Å². The van der Waals surface area contributed by atoms with Crippen molar-refractivity contribution in [3.63, 3.8) is 0 Å². The van der Waals surface area contributed by atoms with Crippen molar-refractivity contribution in [3.8, 4) is 11.8 Å². The van der Waals surface area contributed by atoms with E-state index in [1.165, 1.54) is 0 Å². The van der Waals surface area contributed by atoms with E-state index in [0.29, 0.717) is 5.69 Å². The lowest BCUT2D eigenvalue weighted by Gasteiger charge is -2.02. The fraction of sp³-hybridized carbons (Fsp3) is 0.0667. The minimum absolute atomic E-state index is 0.535. The third-order valence-electron chi connectivity index (χ3n) is 2.31. The second-order valence-electron chi connectivity index (χ2n) is 4.07. The fourth-order valence-corrected chi connectivity index (χ4v) is 2.07. The van der Waals surface area contributed by atoms with Gasteiger partial charge in [0.25, 0.3) is 0 Å². The highest BCUT2D eigenvalue weighted by molar-refractivity contribution is 7.92. The van der Waals surface area contributed by atoms with Gasteiger partial charge in [-0.3, -0.25) is 4.72 Å². The summed E-state index contributed by atoms with van der Waals surface area (Å²) in [6.45, 7) is 0. The van der Waals surface area contributed by atoms with Crippen LogP contribution in [0.25, 0.3) is 0 Å². The van der Waals surface area contributed by atoms with Gasteiger partial charge in [0.15, 0.2) is 0 Å². The Kier molecular flexibility index (Phi) is 3.88. The highest BCUT2D eigenvalue weighted by atomic mass is 32.2. The van der Waals surface area contributed by atoms with Gasteiger partial charge < -0.3 is 0 Å². The topological polar surface area (TPSA) is 46.2 Å². The molecule has 0 radical (unpaired) electrons. The highest BCUT2D eigenvalue weighted by Crippen LogP contribution is 2.10. The smallest absolute Gasteiger partial charge is 0.229 e. The molecule has 0 aliphatic heterocycles. The maximum atomic E-state index is 11.1. The Morgan fingerprint density at radius 3 is 1.89 bits per heavy atom. The standard InChI is InChI=1S/C15H13NO2S/c1-19(17,18)16-15-11-9-14(10-12-15)8-7-13-5-3-2-4-6-13/h2-6,9-12,16H,1H3. The summed E-state index contributed by atoms with van der Waals surface area (Å²) in [5, 5.41) is 0. The molecule has 2 aromatic rings. The van der Waals surface area contributed by atoms with Crippen LogP contribution in [0.5, 0.6) is 0 Å². The van der Waals surface area contributed by atoms with Crippen LogP contribution in [0.2, 0.25) is 0 Å². The third kappa shape index (κ3) is 4.49. The second-order valence-corrected chi connectivity index (χ2v) is 5.82. The summed E-state index contributed by atoms with van der Waals surface area (Å²) in [5.74, 6) is 6.06. The van der Waals surface area contributed by atoms with Crippen LogP contribution >= 0.6 is 0 Å². The predicted molar refractivity (Wildman–Crippen MR) is 77.3 cm³/mol. The summed E-state index contributed by atoms with van der Waals surface area (Å²) in [7, 11) is -3.23. The number of rotatable bonds is 2. The van der Waals surface area contributed by atoms with E-state index >= 15 is 0 Å². The molecule has 0 saturated heterocycles. The molecule has 0 unspecified atom stereocenters. The molecule has 0 atom stereocenters. The van der Waals surface area contributed by atoms with E-state index in [-0.39, 0.29) is 0 Å². The molecule has 0 bridgehead atoms. The summed E-state index contributed by atoms with van der Waals surface area (Å²) in [6.07, 6.45) is 1.12. The number of sulfonamides is 1. The first-order valence-corrected chi connectivity index (χ1v) is 7.57. The SMILES string of the molecule is CS(=O)(=O)Nc1ccc(C#Cc2ccccc2)cc1. The Morgan fingerprint density at radius 2 is 1.37 bits per heavy atom. The average molecular weight is 271 g/mol. The zero-order valence-electron chi connectivity index (χ0n) is 10.4. The van der Waals surface area contributed by atoms with Crippen LogP contribution in [0.15, 0.2) is 54.6 Å². The van der Waals surface area contributed by atoms with Gasteiger partial charge in [-0.2, -0.15) is 0 Å². The van der Waals surface area contributed by atoms with Gasteiger partial charge in [0, 0.05) is 16.8 Å². The molecular weight excluding hydrogens is 258 g/mol. The van der Waals surface area contributed by atoms with Crippen molar-refractivity contribution >= 4 is 15.7 Å². The van der Waals surface area contributed by atoms with Gasteiger partial charge in [0.1, 0.15) is 0 Å². The zero-order chi connectivity index (χ0) is 13.7. The largest absolute Gasteiger partial charge is 0.284 e. The maximum Gasteiger partial charge on any atom is 0.229 e. The first kappa shape index (κ1) is 13.2. The van der Waals surface area contributed by atoms with E-state index < -0.39 is 10.0 Å². The average Bonchev–Trinajstić information content (AvgIpc) is 2.37. The molecule has 0 aromatic heterocycles. The Morgan fingerprint density at radius 1 is 0.842 bits per heavy atom. The Bertz CT molecular complexity index is 708. The fourth-order valence-electron chi connectivity index (χ4n) is 1.50. The lowest BCUT2D eigenvalue weighted by Crippen LogP contribution is -2.09. The molecule has 2 rings (SSSR count). The lowest BCUT2D eigenvalue weighted by atomic mass is 10.2. The second kappa shape index (κ2) is 5.59. The molecule has 0 amide bonds. The summed E-state index contributed by atoms with van der Waals surface area (Å²) < 4.78 is 24.5. The van der Waals surface area contributed by atoms with Crippen LogP contribution in [0.4, 0.5) is 5.69 Å². The number of nitrogens with one attached hydrogen (secondary N) is 1. The van der Waals surface area contributed by atoms with Gasteiger partial charge >= 0.3 is 0 Å². The van der Waals surface area contributed by atoms with Gasteiger partial charge in [-0.25, -0.2) is 8.42 Å². The van der Waals surface area contributed by atoms with Crippen molar-refractivity contribution in [2.24, 2.45) is 0 Å². The van der Waals surface area contributed by atoms with Crippen LogP contribution < -0.4 is 4.72 Å². The van der Waals surface area contributed by atoms with E-state index in [2.05, 4.69) is 16.6 Å².